The number of aliphatic carboxylic acids is 1. The molecule has 0 heterocycles. The molecule has 0 aromatic rings. The first kappa shape index (κ1) is 15.0. The summed E-state index contributed by atoms with van der Waals surface area (Å²) in [6.45, 7) is 1.60. The third-order valence-electron chi connectivity index (χ3n) is 1.41. The van der Waals surface area contributed by atoms with Gasteiger partial charge in [0, 0.05) is 10.8 Å². The Kier molecular flexibility index (Phi) is 6.14. The van der Waals surface area contributed by atoms with Gasteiger partial charge in [0.15, 0.2) is 0 Å². The SMILES string of the molecule is CCC(NN=C(N)CSS(=O)(=O)O)C(=O)[O-]. The number of carboxylic acid groups (broad SMARTS) is 1. The van der Waals surface area contributed by atoms with E-state index in [9.17, 15) is 18.3 Å². The van der Waals surface area contributed by atoms with Gasteiger partial charge in [-0.05, 0) is 6.42 Å². The first-order chi connectivity index (χ1) is 7.26. The van der Waals surface area contributed by atoms with Crippen LogP contribution in [0.15, 0.2) is 5.10 Å². The Balaban J connectivity index is 4.18. The fourth-order valence-corrected chi connectivity index (χ4v) is 1.78. The highest BCUT2D eigenvalue weighted by molar-refractivity contribution is 8.70. The molecule has 0 aliphatic rings. The summed E-state index contributed by atoms with van der Waals surface area (Å²) in [5.41, 5.74) is 7.48. The smallest absolute Gasteiger partial charge is 0.320 e. The van der Waals surface area contributed by atoms with E-state index in [0.29, 0.717) is 0 Å². The number of carbonyl (C=O) groups excluding carboxylic acids is 1. The Hall–Kier alpha value is -1.00. The minimum atomic E-state index is -4.18. The van der Waals surface area contributed by atoms with Crippen molar-refractivity contribution in [3.05, 3.63) is 0 Å². The van der Waals surface area contributed by atoms with Crippen LogP contribution in [0.4, 0.5) is 0 Å². The zero-order valence-corrected chi connectivity index (χ0v) is 10.0. The molecular weight excluding hydrogens is 258 g/mol. The molecule has 10 heteroatoms. The van der Waals surface area contributed by atoms with Gasteiger partial charge in [-0.2, -0.15) is 13.5 Å². The van der Waals surface area contributed by atoms with Crippen LogP contribution in [0.2, 0.25) is 0 Å². The number of nitrogens with zero attached hydrogens (tertiary/aromatic N) is 1. The molecule has 1 atom stereocenters. The molecule has 0 aromatic carbocycles. The zero-order valence-electron chi connectivity index (χ0n) is 8.41. The lowest BCUT2D eigenvalue weighted by atomic mass is 10.2. The summed E-state index contributed by atoms with van der Waals surface area (Å²) in [7, 11) is -4.00. The molecule has 0 fully saturated rings. The molecule has 0 aliphatic carbocycles. The topological polar surface area (TPSA) is 145 Å². The van der Waals surface area contributed by atoms with Crippen molar-refractivity contribution in [2.45, 2.75) is 19.4 Å². The van der Waals surface area contributed by atoms with Crippen molar-refractivity contribution in [3.63, 3.8) is 0 Å². The average molecular weight is 270 g/mol. The number of nitrogens with two attached hydrogens (primary N) is 1. The van der Waals surface area contributed by atoms with Crippen LogP contribution in [-0.4, -0.2) is 36.6 Å². The lowest BCUT2D eigenvalue weighted by molar-refractivity contribution is -0.308. The average Bonchev–Trinajstić information content (AvgIpc) is 2.14. The maximum atomic E-state index is 10.4. The molecule has 0 rings (SSSR count). The predicted molar refractivity (Wildman–Crippen MR) is 57.9 cm³/mol. The van der Waals surface area contributed by atoms with Crippen LogP contribution in [0, 0.1) is 0 Å². The monoisotopic (exact) mass is 270 g/mol. The Morgan fingerprint density at radius 3 is 2.62 bits per heavy atom. The van der Waals surface area contributed by atoms with Crippen molar-refractivity contribution < 1.29 is 22.9 Å². The number of nitrogens with one attached hydrogen (secondary N) is 1. The van der Waals surface area contributed by atoms with Crippen molar-refractivity contribution in [1.29, 1.82) is 0 Å². The lowest BCUT2D eigenvalue weighted by Gasteiger charge is -2.15. The third kappa shape index (κ3) is 7.31. The van der Waals surface area contributed by atoms with Crippen molar-refractivity contribution in [1.82, 2.24) is 5.43 Å². The first-order valence-corrected chi connectivity index (χ1v) is 7.10. The van der Waals surface area contributed by atoms with Crippen LogP contribution >= 0.6 is 10.8 Å². The summed E-state index contributed by atoms with van der Waals surface area (Å²) in [5.74, 6) is -1.75. The molecule has 94 valence electrons. The summed E-state index contributed by atoms with van der Waals surface area (Å²) >= 11 is 0. The van der Waals surface area contributed by atoms with E-state index in [0.717, 1.165) is 0 Å². The number of hydrazone groups is 1. The summed E-state index contributed by atoms with van der Waals surface area (Å²) in [4.78, 5) is 10.4. The van der Waals surface area contributed by atoms with Crippen LogP contribution < -0.4 is 16.3 Å². The number of carbonyl (C=O) groups is 1. The Bertz CT molecular complexity index is 366. The van der Waals surface area contributed by atoms with Gasteiger partial charge in [-0.3, -0.25) is 9.98 Å². The first-order valence-electron chi connectivity index (χ1n) is 4.16. The normalized spacial score (nSPS) is 14.5. The molecule has 0 saturated heterocycles. The van der Waals surface area contributed by atoms with Gasteiger partial charge in [0.1, 0.15) is 5.84 Å². The van der Waals surface area contributed by atoms with E-state index in [1.54, 1.807) is 6.92 Å². The molecule has 0 aliphatic heterocycles. The molecule has 1 unspecified atom stereocenters. The van der Waals surface area contributed by atoms with Gasteiger partial charge in [-0.1, -0.05) is 6.92 Å². The van der Waals surface area contributed by atoms with Crippen molar-refractivity contribution >= 4 is 31.7 Å². The quantitative estimate of drug-likeness (QED) is 0.157. The number of hydrogen-bond donors (Lipinski definition) is 3. The molecule has 0 aromatic heterocycles. The molecule has 0 radical (unpaired) electrons. The third-order valence-corrected chi connectivity index (χ3v) is 3.37. The molecule has 0 amide bonds. The van der Waals surface area contributed by atoms with Crippen molar-refractivity contribution in [3.8, 4) is 0 Å². The summed E-state index contributed by atoms with van der Waals surface area (Å²) < 4.78 is 29.0. The van der Waals surface area contributed by atoms with E-state index in [2.05, 4.69) is 10.5 Å². The van der Waals surface area contributed by atoms with Gasteiger partial charge in [0.05, 0.1) is 17.8 Å². The van der Waals surface area contributed by atoms with Gasteiger partial charge in [-0.25, -0.2) is 0 Å². The van der Waals surface area contributed by atoms with Crippen LogP contribution in [-0.2, 0) is 13.9 Å². The minimum absolute atomic E-state index is 0.151. The molecule has 16 heavy (non-hydrogen) atoms. The van der Waals surface area contributed by atoms with Crippen LogP contribution in [0.25, 0.3) is 0 Å². The Morgan fingerprint density at radius 2 is 2.25 bits per heavy atom. The van der Waals surface area contributed by atoms with Crippen LogP contribution in [0.1, 0.15) is 13.3 Å². The highest BCUT2D eigenvalue weighted by atomic mass is 33.1. The van der Waals surface area contributed by atoms with Gasteiger partial charge >= 0.3 is 9.15 Å². The highest BCUT2D eigenvalue weighted by Gasteiger charge is 2.08. The van der Waals surface area contributed by atoms with E-state index in [1.165, 1.54) is 0 Å². The predicted octanol–water partition coefficient (Wildman–Crippen LogP) is -2.09. The van der Waals surface area contributed by atoms with Crippen LogP contribution in [0.3, 0.4) is 0 Å². The largest absolute Gasteiger partial charge is 0.548 e. The number of carboxylic acids is 1. The van der Waals surface area contributed by atoms with E-state index in [4.69, 9.17) is 10.3 Å². The summed E-state index contributed by atoms with van der Waals surface area (Å²) in [6.07, 6.45) is 0.241. The molecule has 0 bridgehead atoms. The molecule has 8 nitrogen and oxygen atoms in total. The van der Waals surface area contributed by atoms with E-state index in [-0.39, 0.29) is 28.8 Å². The second kappa shape index (κ2) is 6.55. The Labute approximate surface area is 96.4 Å². The highest BCUT2D eigenvalue weighted by Crippen LogP contribution is 2.07. The second-order valence-corrected chi connectivity index (χ2v) is 6.05. The van der Waals surface area contributed by atoms with Gasteiger partial charge in [0.25, 0.3) is 0 Å². The second-order valence-electron chi connectivity index (χ2n) is 2.70. The lowest BCUT2D eigenvalue weighted by Crippen LogP contribution is -2.43. The maximum Gasteiger partial charge on any atom is 0.320 e. The Morgan fingerprint density at radius 1 is 1.69 bits per heavy atom. The summed E-state index contributed by atoms with van der Waals surface area (Å²) in [6, 6.07) is -0.991. The zero-order chi connectivity index (χ0) is 12.8. The van der Waals surface area contributed by atoms with Gasteiger partial charge in [0.2, 0.25) is 0 Å². The molecule has 4 N–H and O–H groups in total. The van der Waals surface area contributed by atoms with Gasteiger partial charge < -0.3 is 15.6 Å². The van der Waals surface area contributed by atoms with E-state index < -0.39 is 21.2 Å². The molecular formula is C6H12N3O5S2-. The van der Waals surface area contributed by atoms with Gasteiger partial charge in [-0.15, -0.1) is 0 Å². The van der Waals surface area contributed by atoms with Crippen molar-refractivity contribution in [2.75, 3.05) is 5.75 Å². The van der Waals surface area contributed by atoms with E-state index >= 15 is 0 Å². The van der Waals surface area contributed by atoms with E-state index in [1.807, 2.05) is 0 Å². The number of hydrogen-bond acceptors (Lipinski definition) is 7. The standard InChI is InChI=1S/C6H13N3O5S2/c1-2-4(6(10)11)8-9-5(7)3-15-16(12,13)14/h4,8H,2-3H2,1H3,(H2,7,9)(H,10,11)(H,12,13,14)/p-1. The number of amidine groups is 1. The summed E-state index contributed by atoms with van der Waals surface area (Å²) in [5, 5.41) is 13.9. The molecule has 0 saturated carbocycles. The van der Waals surface area contributed by atoms with Crippen LogP contribution in [0.5, 0.6) is 0 Å². The van der Waals surface area contributed by atoms with Crippen molar-refractivity contribution in [2.24, 2.45) is 10.8 Å². The maximum absolute atomic E-state index is 10.4. The minimum Gasteiger partial charge on any atom is -0.548 e. The molecule has 0 spiro atoms. The fraction of sp³-hybridized carbons (Fsp3) is 0.667. The number of rotatable bonds is 7. The fourth-order valence-electron chi connectivity index (χ4n) is 0.639.